The molecule has 3 aliphatic rings. The minimum Gasteiger partial charge on any atom is -0.508 e. The van der Waals surface area contributed by atoms with Crippen LogP contribution in [0.5, 0.6) is 11.5 Å². The third kappa shape index (κ3) is 5.77. The number of phenols is 1. The van der Waals surface area contributed by atoms with Crippen molar-refractivity contribution in [3.63, 3.8) is 0 Å². The van der Waals surface area contributed by atoms with Crippen LogP contribution in [0.25, 0.3) is 0 Å². The quantitative estimate of drug-likeness (QED) is 0.153. The number of rotatable bonds is 12. The molecule has 6 atom stereocenters. The van der Waals surface area contributed by atoms with E-state index < -0.39 is 35.6 Å². The van der Waals surface area contributed by atoms with Crippen LogP contribution >= 0.6 is 0 Å². The Kier molecular flexibility index (Phi) is 9.75. The lowest BCUT2D eigenvalue weighted by atomic mass is 9.55. The lowest BCUT2D eigenvalue weighted by molar-refractivity contribution is -0.225. The van der Waals surface area contributed by atoms with Gasteiger partial charge in [0, 0.05) is 31.1 Å². The van der Waals surface area contributed by atoms with Gasteiger partial charge in [-0.05, 0) is 61.3 Å². The summed E-state index contributed by atoms with van der Waals surface area (Å²) in [5.41, 5.74) is 1.19. The molecule has 1 aromatic heterocycles. The molecule has 0 spiro atoms. The van der Waals surface area contributed by atoms with Crippen LogP contribution in [-0.2, 0) is 14.3 Å². The second kappa shape index (κ2) is 13.5. The van der Waals surface area contributed by atoms with Crippen molar-refractivity contribution in [3.05, 3.63) is 46.8 Å². The zero-order valence-electron chi connectivity index (χ0n) is 25.6. The second-order valence-corrected chi connectivity index (χ2v) is 11.6. The van der Waals surface area contributed by atoms with Gasteiger partial charge in [-0.1, -0.05) is 29.3 Å². The molecule has 1 aromatic carbocycles. The molecule has 244 valence electrons. The molecule has 1 fully saturated rings. The number of aromatic nitrogens is 3. The van der Waals surface area contributed by atoms with Gasteiger partial charge in [-0.15, -0.1) is 5.10 Å². The number of hydrogen-bond donors (Lipinski definition) is 4. The number of esters is 2. The minimum atomic E-state index is -2.04. The molecule has 14 nitrogen and oxygen atoms in total. The van der Waals surface area contributed by atoms with Crippen LogP contribution in [0.4, 0.5) is 0 Å². The number of allylic oxidation sites excluding steroid dienone is 1. The normalized spacial score (nSPS) is 27.6. The summed E-state index contributed by atoms with van der Waals surface area (Å²) in [6, 6.07) is 3.58. The molecule has 5 rings (SSSR count). The van der Waals surface area contributed by atoms with Crippen molar-refractivity contribution in [2.45, 2.75) is 62.7 Å². The van der Waals surface area contributed by atoms with Crippen molar-refractivity contribution in [2.75, 3.05) is 34.5 Å². The number of aliphatic hydroxyl groups excluding tert-OH is 2. The van der Waals surface area contributed by atoms with Crippen LogP contribution in [0.15, 0.2) is 35.0 Å². The largest absolute Gasteiger partial charge is 0.508 e. The van der Waals surface area contributed by atoms with E-state index in [1.54, 1.807) is 12.1 Å². The van der Waals surface area contributed by atoms with Gasteiger partial charge in [0.05, 0.1) is 25.8 Å². The van der Waals surface area contributed by atoms with E-state index in [1.807, 2.05) is 0 Å². The Hall–Kier alpha value is -4.01. The molecular formula is C31H40N4O10. The fourth-order valence-electron chi connectivity index (χ4n) is 7.35. The van der Waals surface area contributed by atoms with E-state index in [9.17, 15) is 30.0 Å². The van der Waals surface area contributed by atoms with Gasteiger partial charge in [-0.25, -0.2) is 14.3 Å². The molecule has 2 aliphatic carbocycles. The van der Waals surface area contributed by atoms with E-state index in [0.717, 1.165) is 38.2 Å². The van der Waals surface area contributed by atoms with Crippen LogP contribution in [0.2, 0.25) is 0 Å². The summed E-state index contributed by atoms with van der Waals surface area (Å²) in [5, 5.41) is 54.9. The Morgan fingerprint density at radius 3 is 2.44 bits per heavy atom. The highest BCUT2D eigenvalue weighted by Crippen LogP contribution is 2.62. The van der Waals surface area contributed by atoms with Gasteiger partial charge in [0.25, 0.3) is 0 Å². The van der Waals surface area contributed by atoms with Crippen molar-refractivity contribution in [2.24, 2.45) is 22.9 Å². The second-order valence-electron chi connectivity index (χ2n) is 11.6. The summed E-state index contributed by atoms with van der Waals surface area (Å²) < 4.78 is 17.4. The van der Waals surface area contributed by atoms with Gasteiger partial charge < -0.3 is 39.5 Å². The average Bonchev–Trinajstić information content (AvgIpc) is 3.47. The van der Waals surface area contributed by atoms with Crippen LogP contribution in [0, 0.1) is 17.8 Å². The van der Waals surface area contributed by atoms with Crippen LogP contribution in [0.1, 0.15) is 83.4 Å². The number of nitrogens with zero attached hydrogens (tertiary/aromatic N) is 4. The Morgan fingerprint density at radius 2 is 1.78 bits per heavy atom. The maximum absolute atomic E-state index is 13.1. The summed E-state index contributed by atoms with van der Waals surface area (Å²) >= 11 is 0. The van der Waals surface area contributed by atoms with Gasteiger partial charge >= 0.3 is 11.9 Å². The predicted octanol–water partition coefficient (Wildman–Crippen LogP) is 2.48. The van der Waals surface area contributed by atoms with Gasteiger partial charge in [0.2, 0.25) is 11.5 Å². The third-order valence-corrected chi connectivity index (χ3v) is 9.21. The number of fused-ring (bicyclic) bond motifs is 2. The minimum absolute atomic E-state index is 0.00516. The molecule has 6 unspecified atom stereocenters. The molecule has 2 heterocycles. The first-order valence-corrected chi connectivity index (χ1v) is 15.1. The number of aliphatic hydroxyl groups is 3. The van der Waals surface area contributed by atoms with Gasteiger partial charge in [0.1, 0.15) is 24.7 Å². The van der Waals surface area contributed by atoms with Crippen molar-refractivity contribution >= 4 is 17.7 Å². The SMILES string of the molecule is CON=C1CC(n2nnc(C(=O)OC)c2C(=O)OC)C2(O)Oc3ccc(O)cc3C3C(CCCCO)C(CCCCO)C=C1C32. The van der Waals surface area contributed by atoms with Crippen molar-refractivity contribution in [1.82, 2.24) is 15.0 Å². The number of methoxy groups -OCH3 is 2. The molecule has 0 bridgehead atoms. The Bertz CT molecular complexity index is 1470. The summed E-state index contributed by atoms with van der Waals surface area (Å²) in [5.74, 6) is -4.71. The number of hydrogen-bond acceptors (Lipinski definition) is 13. The number of benzene rings is 1. The smallest absolute Gasteiger partial charge is 0.361 e. The van der Waals surface area contributed by atoms with E-state index in [2.05, 4.69) is 21.5 Å². The van der Waals surface area contributed by atoms with E-state index in [0.29, 0.717) is 41.9 Å². The highest BCUT2D eigenvalue weighted by molar-refractivity contribution is 6.03. The zero-order valence-corrected chi connectivity index (χ0v) is 25.6. The Morgan fingerprint density at radius 1 is 1.07 bits per heavy atom. The number of carbonyl (C=O) groups excluding carboxylic acids is 2. The molecule has 0 amide bonds. The molecule has 14 heteroatoms. The maximum Gasteiger partial charge on any atom is 0.361 e. The summed E-state index contributed by atoms with van der Waals surface area (Å²) in [6.07, 6.45) is 6.26. The van der Waals surface area contributed by atoms with Crippen molar-refractivity contribution < 1.29 is 49.1 Å². The lowest BCUT2D eigenvalue weighted by Gasteiger charge is -2.56. The monoisotopic (exact) mass is 628 g/mol. The van der Waals surface area contributed by atoms with Crippen LogP contribution < -0.4 is 4.74 Å². The zero-order chi connectivity index (χ0) is 32.3. The predicted molar refractivity (Wildman–Crippen MR) is 158 cm³/mol. The highest BCUT2D eigenvalue weighted by Gasteiger charge is 2.63. The van der Waals surface area contributed by atoms with Crippen molar-refractivity contribution in [1.29, 1.82) is 0 Å². The van der Waals surface area contributed by atoms with E-state index in [4.69, 9.17) is 19.0 Å². The van der Waals surface area contributed by atoms with E-state index in [1.165, 1.54) is 13.2 Å². The molecular weight excluding hydrogens is 588 g/mol. The molecule has 45 heavy (non-hydrogen) atoms. The third-order valence-electron chi connectivity index (χ3n) is 9.21. The maximum atomic E-state index is 13.1. The molecule has 1 saturated carbocycles. The fourth-order valence-corrected chi connectivity index (χ4v) is 7.35. The lowest BCUT2D eigenvalue weighted by Crippen LogP contribution is -2.62. The topological polar surface area (TPSA) is 195 Å². The number of aromatic hydroxyl groups is 1. The number of unbranched alkanes of at least 4 members (excludes halogenated alkanes) is 2. The number of ether oxygens (including phenoxy) is 3. The number of carbonyl (C=O) groups is 2. The van der Waals surface area contributed by atoms with E-state index >= 15 is 0 Å². The first-order valence-electron chi connectivity index (χ1n) is 15.1. The fraction of sp³-hybridized carbons (Fsp3) is 0.581. The van der Waals surface area contributed by atoms with Gasteiger partial charge in [-0.2, -0.15) is 0 Å². The van der Waals surface area contributed by atoms with E-state index in [-0.39, 0.29) is 48.6 Å². The van der Waals surface area contributed by atoms with Crippen LogP contribution in [-0.4, -0.2) is 93.4 Å². The standard InChI is InChI=1S/C31H40N4O10/c1-42-29(39)27-28(30(40)43-2)35(34-32-27)24-16-22(33-44-3)20-14-17(8-4-6-12-36)19(9-5-7-13-37)25-21-15-18(38)10-11-23(21)45-31(24,41)26(20)25/h10-11,14-15,17,19,24-26,36-38,41H,4-9,12-13,16H2,1-3H3. The summed E-state index contributed by atoms with van der Waals surface area (Å²) in [7, 11) is 3.71. The highest BCUT2D eigenvalue weighted by atomic mass is 16.6. The number of oxime groups is 1. The van der Waals surface area contributed by atoms with Crippen molar-refractivity contribution in [3.8, 4) is 11.5 Å². The first kappa shape index (κ1) is 32.4. The first-order chi connectivity index (χ1) is 21.7. The summed E-state index contributed by atoms with van der Waals surface area (Å²) in [6.45, 7) is 0.111. The van der Waals surface area contributed by atoms with Crippen LogP contribution in [0.3, 0.4) is 0 Å². The average molecular weight is 629 g/mol. The molecule has 0 radical (unpaired) electrons. The summed E-state index contributed by atoms with van der Waals surface area (Å²) in [4.78, 5) is 30.9. The Balaban J connectivity index is 1.75. The molecule has 0 saturated heterocycles. The van der Waals surface area contributed by atoms with Gasteiger partial charge in [-0.3, -0.25) is 0 Å². The molecule has 2 aromatic rings. The van der Waals surface area contributed by atoms with Gasteiger partial charge in [0.15, 0.2) is 5.69 Å². The molecule has 4 N–H and O–H groups in total. The number of phenolic OH excluding ortho intramolecular Hbond substituents is 1. The Labute approximate surface area is 260 Å². The molecule has 1 aliphatic heterocycles.